The van der Waals surface area contributed by atoms with Crippen LogP contribution in [0.4, 0.5) is 0 Å². The number of hydrogen-bond acceptors (Lipinski definition) is 6. The Morgan fingerprint density at radius 1 is 0.756 bits per heavy atom. The van der Waals surface area contributed by atoms with Crippen LogP contribution in [0.25, 0.3) is 0 Å². The fourth-order valence-electron chi connectivity index (χ4n) is 6.73. The highest BCUT2D eigenvalue weighted by Crippen LogP contribution is 2.51. The predicted octanol–water partition coefficient (Wildman–Crippen LogP) is 8.74. The summed E-state index contributed by atoms with van der Waals surface area (Å²) in [6, 6.07) is 0. The first-order chi connectivity index (χ1) is 18.3. The Morgan fingerprint density at radius 2 is 1.20 bits per heavy atom. The molecule has 0 aromatic heterocycles. The number of rotatable bonds is 11. The SMILES string of the molecule is CC(C)[Si](O[C@@H]1C[C@@](O)(C2(O)CCCC2)O[C@H](CO[Si](C)(C)C(C)(C)C)[C@@H]1O[Si](C)(C)C(C)(C)C)(C(C)C)C(C)C. The Kier molecular flexibility index (Phi) is 11.6. The zero-order chi connectivity index (χ0) is 32.0. The minimum atomic E-state index is -2.37. The van der Waals surface area contributed by atoms with Gasteiger partial charge in [-0.15, -0.1) is 0 Å². The Morgan fingerprint density at radius 3 is 1.59 bits per heavy atom. The molecule has 0 radical (unpaired) electrons. The fourth-order valence-corrected chi connectivity index (χ4v) is 14.6. The first kappa shape index (κ1) is 37.6. The van der Waals surface area contributed by atoms with E-state index in [1.54, 1.807) is 0 Å². The molecule has 1 saturated heterocycles. The molecule has 0 aromatic rings. The molecule has 0 aromatic carbocycles. The quantitative estimate of drug-likeness (QED) is 0.222. The summed E-state index contributed by atoms with van der Waals surface area (Å²) in [5.41, 5.74) is -0.167. The summed E-state index contributed by atoms with van der Waals surface area (Å²) in [6.07, 6.45) is 1.68. The van der Waals surface area contributed by atoms with E-state index >= 15 is 0 Å². The molecule has 0 unspecified atom stereocenters. The number of aliphatic hydroxyl groups is 2. The van der Waals surface area contributed by atoms with Gasteiger partial charge in [0.05, 0.1) is 18.8 Å². The highest BCUT2D eigenvalue weighted by atomic mass is 28.4. The van der Waals surface area contributed by atoms with Crippen LogP contribution in [0.2, 0.25) is 52.9 Å². The van der Waals surface area contributed by atoms with Crippen molar-refractivity contribution in [1.82, 2.24) is 0 Å². The zero-order valence-electron chi connectivity index (χ0n) is 29.7. The van der Waals surface area contributed by atoms with Gasteiger partial charge in [-0.3, -0.25) is 0 Å². The molecule has 9 heteroatoms. The normalized spacial score (nSPS) is 28.8. The van der Waals surface area contributed by atoms with E-state index in [4.69, 9.17) is 18.0 Å². The third-order valence-electron chi connectivity index (χ3n) is 11.4. The van der Waals surface area contributed by atoms with Gasteiger partial charge in [0.25, 0.3) is 0 Å². The molecule has 2 aliphatic rings. The van der Waals surface area contributed by atoms with Gasteiger partial charge < -0.3 is 28.2 Å². The van der Waals surface area contributed by atoms with E-state index in [9.17, 15) is 10.2 Å². The van der Waals surface area contributed by atoms with Gasteiger partial charge in [-0.05, 0) is 65.7 Å². The van der Waals surface area contributed by atoms with E-state index in [0.717, 1.165) is 12.8 Å². The van der Waals surface area contributed by atoms with Gasteiger partial charge in [0.15, 0.2) is 22.4 Å². The topological polar surface area (TPSA) is 77.4 Å². The molecule has 0 amide bonds. The molecule has 0 bridgehead atoms. The average molecular weight is 633 g/mol. The summed E-state index contributed by atoms with van der Waals surface area (Å²) < 4.78 is 28.2. The van der Waals surface area contributed by atoms with E-state index in [1.165, 1.54) is 0 Å². The Labute approximate surface area is 257 Å². The smallest absolute Gasteiger partial charge is 0.200 e. The van der Waals surface area contributed by atoms with Crippen LogP contribution in [0.15, 0.2) is 0 Å². The summed E-state index contributed by atoms with van der Waals surface area (Å²) in [5, 5.41) is 24.2. The Balaban J connectivity index is 2.71. The van der Waals surface area contributed by atoms with Gasteiger partial charge in [-0.25, -0.2) is 0 Å². The predicted molar refractivity (Wildman–Crippen MR) is 179 cm³/mol. The molecule has 1 saturated carbocycles. The second-order valence-corrected chi connectivity index (χ2v) is 32.2. The number of ether oxygens (including phenoxy) is 1. The van der Waals surface area contributed by atoms with Crippen molar-refractivity contribution in [1.29, 1.82) is 0 Å². The molecule has 41 heavy (non-hydrogen) atoms. The molecule has 1 aliphatic carbocycles. The van der Waals surface area contributed by atoms with Crippen molar-refractivity contribution in [3.05, 3.63) is 0 Å². The van der Waals surface area contributed by atoms with Crippen molar-refractivity contribution in [2.24, 2.45) is 0 Å². The van der Waals surface area contributed by atoms with Crippen LogP contribution in [0.5, 0.6) is 0 Å². The van der Waals surface area contributed by atoms with E-state index in [0.29, 0.717) is 36.1 Å². The van der Waals surface area contributed by atoms with Crippen LogP contribution >= 0.6 is 0 Å². The Hall–Kier alpha value is 0.411. The largest absolute Gasteiger partial charge is 0.414 e. The summed E-state index contributed by atoms with van der Waals surface area (Å²) in [7, 11) is -6.78. The summed E-state index contributed by atoms with van der Waals surface area (Å²) in [5.74, 6) is -1.71. The van der Waals surface area contributed by atoms with Crippen LogP contribution in [-0.4, -0.2) is 71.5 Å². The highest BCUT2D eigenvalue weighted by molar-refractivity contribution is 6.77. The lowest BCUT2D eigenvalue weighted by molar-refractivity contribution is -0.359. The van der Waals surface area contributed by atoms with Crippen LogP contribution in [0.1, 0.15) is 115 Å². The van der Waals surface area contributed by atoms with Crippen LogP contribution in [0, 0.1) is 0 Å². The van der Waals surface area contributed by atoms with E-state index < -0.39 is 54.7 Å². The minimum absolute atomic E-state index is 0.0115. The van der Waals surface area contributed by atoms with E-state index in [-0.39, 0.29) is 16.5 Å². The zero-order valence-corrected chi connectivity index (χ0v) is 32.7. The molecular formula is C32H68O6Si3. The molecule has 244 valence electrons. The lowest BCUT2D eigenvalue weighted by atomic mass is 9.82. The third-order valence-corrected chi connectivity index (χ3v) is 26.5. The highest BCUT2D eigenvalue weighted by Gasteiger charge is 2.62. The maximum absolute atomic E-state index is 12.3. The standard InChI is InChI=1S/C32H68O6Si3/c1-23(2)41(24(3)4,25(5)6)37-26-21-32(34,31(33)19-17-18-20-31)36-27(22-35-39(13,14)29(7,8)9)28(26)38-40(15,16)30(10,11)12/h23-28,33-34H,17-22H2,1-16H3/t26-,27-,28-,32+/m1/s1. The van der Waals surface area contributed by atoms with Crippen molar-refractivity contribution < 1.29 is 28.2 Å². The monoisotopic (exact) mass is 632 g/mol. The first-order valence-corrected chi connectivity index (χ1v) is 24.3. The van der Waals surface area contributed by atoms with Crippen molar-refractivity contribution in [2.75, 3.05) is 6.61 Å². The van der Waals surface area contributed by atoms with Crippen molar-refractivity contribution >= 4 is 25.0 Å². The van der Waals surface area contributed by atoms with Gasteiger partial charge in [-0.1, -0.05) is 95.9 Å². The van der Waals surface area contributed by atoms with E-state index in [2.05, 4.69) is 109 Å². The number of hydrogen-bond donors (Lipinski definition) is 2. The lowest BCUT2D eigenvalue weighted by Crippen LogP contribution is -2.69. The van der Waals surface area contributed by atoms with Crippen molar-refractivity contribution in [3.8, 4) is 0 Å². The van der Waals surface area contributed by atoms with Crippen LogP contribution in [-0.2, 0) is 18.0 Å². The lowest BCUT2D eigenvalue weighted by Gasteiger charge is -2.56. The van der Waals surface area contributed by atoms with Gasteiger partial charge in [-0.2, -0.15) is 0 Å². The summed E-state index contributed by atoms with van der Waals surface area (Å²) in [6.45, 7) is 36.6. The fraction of sp³-hybridized carbons (Fsp3) is 1.00. The molecule has 2 rings (SSSR count). The van der Waals surface area contributed by atoms with Crippen LogP contribution in [0.3, 0.4) is 0 Å². The maximum Gasteiger partial charge on any atom is 0.200 e. The molecule has 1 heterocycles. The molecule has 1 aliphatic heterocycles. The van der Waals surface area contributed by atoms with Gasteiger partial charge in [0.2, 0.25) is 8.32 Å². The molecular weight excluding hydrogens is 565 g/mol. The Bertz CT molecular complexity index is 833. The first-order valence-electron chi connectivity index (χ1n) is 16.4. The molecule has 6 nitrogen and oxygen atoms in total. The van der Waals surface area contributed by atoms with E-state index in [1.807, 2.05) is 0 Å². The third kappa shape index (κ3) is 7.63. The molecule has 0 spiro atoms. The molecule has 4 atom stereocenters. The van der Waals surface area contributed by atoms with Crippen LogP contribution < -0.4 is 0 Å². The van der Waals surface area contributed by atoms with Gasteiger partial charge >= 0.3 is 0 Å². The van der Waals surface area contributed by atoms with Crippen molar-refractivity contribution in [2.45, 2.75) is 198 Å². The molecule has 2 N–H and O–H groups in total. The summed E-state index contributed by atoms with van der Waals surface area (Å²) >= 11 is 0. The average Bonchev–Trinajstić information content (AvgIpc) is 3.23. The second-order valence-electron chi connectivity index (χ2n) is 17.3. The van der Waals surface area contributed by atoms with Gasteiger partial charge in [0.1, 0.15) is 11.7 Å². The molecule has 2 fully saturated rings. The maximum atomic E-state index is 12.3. The van der Waals surface area contributed by atoms with Gasteiger partial charge in [0, 0.05) is 6.42 Å². The summed E-state index contributed by atoms with van der Waals surface area (Å²) in [4.78, 5) is 0. The minimum Gasteiger partial charge on any atom is -0.414 e. The second kappa shape index (κ2) is 12.7. The van der Waals surface area contributed by atoms with Crippen molar-refractivity contribution in [3.63, 3.8) is 0 Å².